The van der Waals surface area contributed by atoms with E-state index in [1.165, 1.54) is 12.1 Å². The molecule has 1 fully saturated rings. The number of hydrogen-bond donors (Lipinski definition) is 3. The Kier molecular flexibility index (Phi) is 8.62. The maximum atomic E-state index is 13.2. The number of urea groups is 1. The minimum Gasteiger partial charge on any atom is -0.504 e. The number of pyridine rings is 2. The zero-order valence-corrected chi connectivity index (χ0v) is 18.0. The molecule has 3 aromatic rings. The van der Waals surface area contributed by atoms with Gasteiger partial charge in [0.25, 0.3) is 0 Å². The molecule has 3 heterocycles. The van der Waals surface area contributed by atoms with Gasteiger partial charge in [0, 0.05) is 44.1 Å². The molecule has 0 aliphatic carbocycles. The fourth-order valence-electron chi connectivity index (χ4n) is 3.50. The summed E-state index contributed by atoms with van der Waals surface area (Å²) in [6.45, 7) is 4.27. The largest absolute Gasteiger partial charge is 0.504 e. The van der Waals surface area contributed by atoms with Crippen molar-refractivity contribution in [3.05, 3.63) is 65.4 Å². The zero-order chi connectivity index (χ0) is 23.6. The number of aromatic hydroxyl groups is 1. The molecule has 174 valence electrons. The van der Waals surface area contributed by atoms with Crippen molar-refractivity contribution in [1.29, 1.82) is 0 Å². The fraction of sp³-hybridized carbons (Fsp3) is 0.304. The monoisotopic (exact) mass is 455 g/mol. The number of imide groups is 1. The molecule has 1 saturated heterocycles. The van der Waals surface area contributed by atoms with Gasteiger partial charge in [-0.25, -0.2) is 9.18 Å². The summed E-state index contributed by atoms with van der Waals surface area (Å²) < 4.78 is 18.6. The Balaban J connectivity index is 0.000000454. The third-order valence-electron chi connectivity index (χ3n) is 5.14. The molecule has 9 nitrogen and oxygen atoms in total. The molecule has 1 aliphatic heterocycles. The second-order valence-corrected chi connectivity index (χ2v) is 7.39. The molecule has 4 N–H and O–H groups in total. The van der Waals surface area contributed by atoms with Crippen LogP contribution in [0.3, 0.4) is 0 Å². The van der Waals surface area contributed by atoms with Gasteiger partial charge in [-0.1, -0.05) is 12.1 Å². The molecular formula is C23H26FN5O4. The number of amides is 3. The first-order valence-corrected chi connectivity index (χ1v) is 10.5. The van der Waals surface area contributed by atoms with E-state index in [0.717, 1.165) is 55.9 Å². The van der Waals surface area contributed by atoms with Gasteiger partial charge >= 0.3 is 6.03 Å². The van der Waals surface area contributed by atoms with Crippen LogP contribution in [0.25, 0.3) is 10.9 Å². The van der Waals surface area contributed by atoms with Gasteiger partial charge in [0.05, 0.1) is 24.6 Å². The maximum absolute atomic E-state index is 13.2. The van der Waals surface area contributed by atoms with Gasteiger partial charge in [0.15, 0.2) is 5.75 Å². The van der Waals surface area contributed by atoms with Crippen LogP contribution in [0.15, 0.2) is 42.6 Å². The number of nitrogens with two attached hydrogens (primary N) is 1. The summed E-state index contributed by atoms with van der Waals surface area (Å²) in [4.78, 5) is 30.2. The van der Waals surface area contributed by atoms with Crippen LogP contribution in [0.1, 0.15) is 17.0 Å². The van der Waals surface area contributed by atoms with Gasteiger partial charge in [0.1, 0.15) is 11.3 Å². The highest BCUT2D eigenvalue weighted by Gasteiger charge is 2.16. The Hall–Kier alpha value is -3.63. The normalized spacial score (nSPS) is 13.7. The van der Waals surface area contributed by atoms with Crippen molar-refractivity contribution >= 4 is 23.3 Å². The Labute approximate surface area is 190 Å². The SMILES string of the molecule is NC(=O)NC=O.Oc1c(Cc2ccc(F)cc2)nc(CCN2CCOCC2)c2cccnc12. The number of ether oxygens (including phenoxy) is 1. The van der Waals surface area contributed by atoms with E-state index in [4.69, 9.17) is 9.72 Å². The zero-order valence-electron chi connectivity index (χ0n) is 18.0. The number of aromatic nitrogens is 2. The van der Waals surface area contributed by atoms with Gasteiger partial charge in [-0.2, -0.15) is 0 Å². The number of morpholine rings is 1. The summed E-state index contributed by atoms with van der Waals surface area (Å²) >= 11 is 0. The first kappa shape index (κ1) is 24.0. The van der Waals surface area contributed by atoms with Gasteiger partial charge in [-0.3, -0.25) is 25.0 Å². The number of nitrogens with zero attached hydrogens (tertiary/aromatic N) is 3. The van der Waals surface area contributed by atoms with Crippen LogP contribution in [0, 0.1) is 5.82 Å². The van der Waals surface area contributed by atoms with Crippen molar-refractivity contribution in [3.63, 3.8) is 0 Å². The van der Waals surface area contributed by atoms with E-state index in [1.54, 1.807) is 23.6 Å². The average Bonchev–Trinajstić information content (AvgIpc) is 2.82. The van der Waals surface area contributed by atoms with E-state index in [2.05, 4.69) is 15.6 Å². The molecule has 1 aliphatic rings. The van der Waals surface area contributed by atoms with E-state index < -0.39 is 6.03 Å². The van der Waals surface area contributed by atoms with E-state index in [9.17, 15) is 19.1 Å². The fourth-order valence-corrected chi connectivity index (χ4v) is 3.50. The Morgan fingerprint density at radius 1 is 1.21 bits per heavy atom. The number of halogens is 1. The second kappa shape index (κ2) is 11.8. The lowest BCUT2D eigenvalue weighted by atomic mass is 10.0. The molecule has 0 atom stereocenters. The van der Waals surface area contributed by atoms with Crippen LogP contribution in [0.5, 0.6) is 5.75 Å². The van der Waals surface area contributed by atoms with Gasteiger partial charge < -0.3 is 15.6 Å². The molecule has 3 amide bonds. The molecule has 1 aromatic carbocycles. The molecule has 0 radical (unpaired) electrons. The molecular weight excluding hydrogens is 429 g/mol. The van der Waals surface area contributed by atoms with Crippen LogP contribution in [0.4, 0.5) is 9.18 Å². The van der Waals surface area contributed by atoms with Gasteiger partial charge in [-0.15, -0.1) is 0 Å². The van der Waals surface area contributed by atoms with E-state index in [0.29, 0.717) is 17.6 Å². The number of fused-ring (bicyclic) bond motifs is 1. The second-order valence-electron chi connectivity index (χ2n) is 7.39. The number of carbonyl (C=O) groups excluding carboxylic acids is 2. The summed E-state index contributed by atoms with van der Waals surface area (Å²) in [7, 11) is 0. The quantitative estimate of drug-likeness (QED) is 0.483. The lowest BCUT2D eigenvalue weighted by Gasteiger charge is -2.26. The molecule has 0 saturated carbocycles. The van der Waals surface area contributed by atoms with Crippen molar-refractivity contribution in [3.8, 4) is 5.75 Å². The summed E-state index contributed by atoms with van der Waals surface area (Å²) in [5.74, 6) is -0.174. The first-order valence-electron chi connectivity index (χ1n) is 10.5. The van der Waals surface area contributed by atoms with E-state index in [-0.39, 0.29) is 18.0 Å². The topological polar surface area (TPSA) is 131 Å². The number of benzene rings is 1. The summed E-state index contributed by atoms with van der Waals surface area (Å²) in [6, 6.07) is 9.26. The number of hydrogen-bond acceptors (Lipinski definition) is 7. The molecule has 0 bridgehead atoms. The molecule has 0 unspecified atom stereocenters. The third-order valence-corrected chi connectivity index (χ3v) is 5.14. The smallest absolute Gasteiger partial charge is 0.318 e. The molecule has 0 spiro atoms. The highest BCUT2D eigenvalue weighted by molar-refractivity contribution is 5.87. The van der Waals surface area contributed by atoms with E-state index in [1.807, 2.05) is 12.1 Å². The summed E-state index contributed by atoms with van der Waals surface area (Å²) in [5.41, 5.74) is 7.39. The Morgan fingerprint density at radius 3 is 2.58 bits per heavy atom. The van der Waals surface area contributed by atoms with Crippen LogP contribution in [-0.4, -0.2) is 65.3 Å². The van der Waals surface area contributed by atoms with Crippen LogP contribution >= 0.6 is 0 Å². The first-order chi connectivity index (χ1) is 16.0. The van der Waals surface area contributed by atoms with Crippen LogP contribution in [0.2, 0.25) is 0 Å². The molecule has 10 heteroatoms. The van der Waals surface area contributed by atoms with E-state index >= 15 is 0 Å². The molecule has 2 aromatic heterocycles. The van der Waals surface area contributed by atoms with Gasteiger partial charge in [0.2, 0.25) is 6.41 Å². The predicted molar refractivity (Wildman–Crippen MR) is 120 cm³/mol. The highest BCUT2D eigenvalue weighted by Crippen LogP contribution is 2.29. The number of carbonyl (C=O) groups is 2. The minimum atomic E-state index is -0.829. The maximum Gasteiger partial charge on any atom is 0.318 e. The lowest BCUT2D eigenvalue weighted by molar-refractivity contribution is -0.108. The van der Waals surface area contributed by atoms with Crippen LogP contribution < -0.4 is 11.1 Å². The van der Waals surface area contributed by atoms with Crippen molar-refractivity contribution in [2.24, 2.45) is 5.73 Å². The predicted octanol–water partition coefficient (Wildman–Crippen LogP) is 1.75. The minimum absolute atomic E-state index is 0.102. The average molecular weight is 455 g/mol. The van der Waals surface area contributed by atoms with Crippen molar-refractivity contribution < 1.29 is 23.8 Å². The Bertz CT molecular complexity index is 1090. The number of primary amides is 1. The van der Waals surface area contributed by atoms with Crippen molar-refractivity contribution in [1.82, 2.24) is 20.2 Å². The van der Waals surface area contributed by atoms with Gasteiger partial charge in [-0.05, 0) is 29.8 Å². The molecule has 33 heavy (non-hydrogen) atoms. The lowest BCUT2D eigenvalue weighted by Crippen LogP contribution is -2.37. The van der Waals surface area contributed by atoms with Crippen LogP contribution in [-0.2, 0) is 22.4 Å². The number of rotatable bonds is 6. The standard InChI is InChI=1S/C21H22FN3O2.C2H4N2O2/c22-16-5-3-15(4-6-16)14-19-21(26)20-17(2-1-8-23-20)18(24-19)7-9-25-10-12-27-13-11-25;3-2(6)4-1-5/h1-6,8,26H,7,9-14H2;1H,(H3,3,4,5,6). The summed E-state index contributed by atoms with van der Waals surface area (Å²) in [6.07, 6.45) is 3.11. The highest BCUT2D eigenvalue weighted by atomic mass is 19.1. The number of nitrogens with one attached hydrogen (secondary N) is 1. The Morgan fingerprint density at radius 2 is 1.94 bits per heavy atom. The van der Waals surface area contributed by atoms with Crippen molar-refractivity contribution in [2.75, 3.05) is 32.8 Å². The molecule has 4 rings (SSSR count). The summed E-state index contributed by atoms with van der Waals surface area (Å²) in [5, 5.41) is 13.2. The van der Waals surface area contributed by atoms with Crippen molar-refractivity contribution in [2.45, 2.75) is 12.8 Å². The third kappa shape index (κ3) is 6.93.